The Morgan fingerprint density at radius 2 is 1.95 bits per heavy atom. The standard InChI is InChI=1S/C12H18F3N3O2/c1-10(8-16)17-3-5-18(6-4-17)11(19)2-7-20-9-12(13,14)15/h10H,2-7,9H2,1H3. The van der Waals surface area contributed by atoms with E-state index in [0.717, 1.165) is 0 Å². The number of hydrogen-bond donors (Lipinski definition) is 0. The molecule has 1 fully saturated rings. The molecule has 0 aromatic carbocycles. The molecule has 20 heavy (non-hydrogen) atoms. The first-order valence-electron chi connectivity index (χ1n) is 6.39. The second kappa shape index (κ2) is 7.45. The van der Waals surface area contributed by atoms with Gasteiger partial charge in [-0.1, -0.05) is 0 Å². The maximum Gasteiger partial charge on any atom is 0.411 e. The van der Waals surface area contributed by atoms with Crippen LogP contribution in [0.1, 0.15) is 13.3 Å². The van der Waals surface area contributed by atoms with Crippen LogP contribution in [-0.2, 0) is 9.53 Å². The zero-order valence-corrected chi connectivity index (χ0v) is 11.3. The van der Waals surface area contributed by atoms with Crippen molar-refractivity contribution >= 4 is 5.91 Å². The van der Waals surface area contributed by atoms with Crippen LogP contribution in [0.3, 0.4) is 0 Å². The SMILES string of the molecule is CC(C#N)N1CCN(C(=O)CCOCC(F)(F)F)CC1. The Morgan fingerprint density at radius 1 is 1.35 bits per heavy atom. The highest BCUT2D eigenvalue weighted by Crippen LogP contribution is 2.14. The Balaban J connectivity index is 2.21. The number of carbonyl (C=O) groups is 1. The lowest BCUT2D eigenvalue weighted by Gasteiger charge is -2.35. The van der Waals surface area contributed by atoms with E-state index in [1.165, 1.54) is 0 Å². The third-order valence-corrected chi connectivity index (χ3v) is 3.13. The Bertz CT molecular complexity index is 360. The number of piperazine rings is 1. The molecular weight excluding hydrogens is 275 g/mol. The summed E-state index contributed by atoms with van der Waals surface area (Å²) in [6.07, 6.45) is -4.41. The van der Waals surface area contributed by atoms with Crippen LogP contribution in [0.2, 0.25) is 0 Å². The minimum Gasteiger partial charge on any atom is -0.372 e. The topological polar surface area (TPSA) is 56.6 Å². The Morgan fingerprint density at radius 3 is 2.45 bits per heavy atom. The van der Waals surface area contributed by atoms with Gasteiger partial charge >= 0.3 is 6.18 Å². The second-order valence-corrected chi connectivity index (χ2v) is 4.64. The molecular formula is C12H18F3N3O2. The molecule has 0 spiro atoms. The highest BCUT2D eigenvalue weighted by atomic mass is 19.4. The van der Waals surface area contributed by atoms with Crippen LogP contribution in [0.15, 0.2) is 0 Å². The molecule has 114 valence electrons. The molecule has 0 saturated carbocycles. The summed E-state index contributed by atoms with van der Waals surface area (Å²) in [6.45, 7) is 2.42. The summed E-state index contributed by atoms with van der Waals surface area (Å²) in [7, 11) is 0. The van der Waals surface area contributed by atoms with Gasteiger partial charge in [-0.25, -0.2) is 0 Å². The van der Waals surface area contributed by atoms with Crippen molar-refractivity contribution in [3.05, 3.63) is 0 Å². The first kappa shape index (κ1) is 16.7. The Labute approximate surface area is 115 Å². The van der Waals surface area contributed by atoms with Gasteiger partial charge < -0.3 is 9.64 Å². The number of alkyl halides is 3. The van der Waals surface area contributed by atoms with Gasteiger partial charge in [0.2, 0.25) is 5.91 Å². The van der Waals surface area contributed by atoms with E-state index in [0.29, 0.717) is 26.2 Å². The van der Waals surface area contributed by atoms with Gasteiger partial charge in [0.15, 0.2) is 0 Å². The molecule has 1 amide bonds. The lowest BCUT2D eigenvalue weighted by molar-refractivity contribution is -0.175. The van der Waals surface area contributed by atoms with Crippen molar-refractivity contribution in [2.75, 3.05) is 39.4 Å². The van der Waals surface area contributed by atoms with E-state index >= 15 is 0 Å². The van der Waals surface area contributed by atoms with E-state index in [4.69, 9.17) is 5.26 Å². The van der Waals surface area contributed by atoms with E-state index < -0.39 is 12.8 Å². The van der Waals surface area contributed by atoms with Gasteiger partial charge in [-0.05, 0) is 6.92 Å². The lowest BCUT2D eigenvalue weighted by Crippen LogP contribution is -2.51. The van der Waals surface area contributed by atoms with Gasteiger partial charge in [0.1, 0.15) is 6.61 Å². The molecule has 0 bridgehead atoms. The monoisotopic (exact) mass is 293 g/mol. The van der Waals surface area contributed by atoms with Crippen LogP contribution in [-0.4, -0.2) is 67.3 Å². The maximum atomic E-state index is 11.8. The summed E-state index contributed by atoms with van der Waals surface area (Å²) in [5, 5.41) is 8.79. The van der Waals surface area contributed by atoms with Crippen LogP contribution in [0, 0.1) is 11.3 Å². The maximum absolute atomic E-state index is 11.8. The predicted molar refractivity (Wildman–Crippen MR) is 64.7 cm³/mol. The number of nitrogens with zero attached hydrogens (tertiary/aromatic N) is 3. The summed E-state index contributed by atoms with van der Waals surface area (Å²) < 4.78 is 39.9. The molecule has 0 N–H and O–H groups in total. The number of carbonyl (C=O) groups excluding carboxylic acids is 1. The highest BCUT2D eigenvalue weighted by Gasteiger charge is 2.28. The van der Waals surface area contributed by atoms with Crippen molar-refractivity contribution in [3.63, 3.8) is 0 Å². The fraction of sp³-hybridized carbons (Fsp3) is 0.833. The average molecular weight is 293 g/mol. The Hall–Kier alpha value is -1.33. The van der Waals surface area contributed by atoms with Gasteiger partial charge in [-0.3, -0.25) is 9.69 Å². The van der Waals surface area contributed by atoms with Crippen LogP contribution >= 0.6 is 0 Å². The van der Waals surface area contributed by atoms with Gasteiger partial charge in [-0.15, -0.1) is 0 Å². The third kappa shape index (κ3) is 5.75. The van der Waals surface area contributed by atoms with Crippen LogP contribution in [0.4, 0.5) is 13.2 Å². The summed E-state index contributed by atoms with van der Waals surface area (Å²) in [6, 6.07) is 1.94. The van der Waals surface area contributed by atoms with E-state index in [1.54, 1.807) is 11.8 Å². The number of halogens is 3. The molecule has 1 aliphatic heterocycles. The number of hydrogen-bond acceptors (Lipinski definition) is 4. The molecule has 1 aliphatic rings. The largest absolute Gasteiger partial charge is 0.411 e. The fourth-order valence-corrected chi connectivity index (χ4v) is 1.95. The molecule has 1 heterocycles. The lowest BCUT2D eigenvalue weighted by atomic mass is 10.2. The van der Waals surface area contributed by atoms with Gasteiger partial charge in [0, 0.05) is 26.2 Å². The molecule has 0 radical (unpaired) electrons. The number of amides is 1. The molecule has 1 rings (SSSR count). The summed E-state index contributed by atoms with van der Waals surface area (Å²) in [4.78, 5) is 15.3. The van der Waals surface area contributed by atoms with Gasteiger partial charge in [0.25, 0.3) is 0 Å². The predicted octanol–water partition coefficient (Wildman–Crippen LogP) is 1.01. The van der Waals surface area contributed by atoms with Crippen LogP contribution < -0.4 is 0 Å². The van der Waals surface area contributed by atoms with Crippen LogP contribution in [0.25, 0.3) is 0 Å². The molecule has 0 aliphatic carbocycles. The number of nitriles is 1. The van der Waals surface area contributed by atoms with E-state index in [9.17, 15) is 18.0 Å². The van der Waals surface area contributed by atoms with E-state index in [2.05, 4.69) is 10.8 Å². The average Bonchev–Trinajstić information content (AvgIpc) is 2.41. The van der Waals surface area contributed by atoms with Crippen molar-refractivity contribution in [1.82, 2.24) is 9.80 Å². The first-order valence-corrected chi connectivity index (χ1v) is 6.39. The zero-order chi connectivity index (χ0) is 15.2. The zero-order valence-electron chi connectivity index (χ0n) is 11.3. The normalized spacial score (nSPS) is 18.6. The Kier molecular flexibility index (Phi) is 6.23. The van der Waals surface area contributed by atoms with Crippen molar-refractivity contribution in [2.24, 2.45) is 0 Å². The van der Waals surface area contributed by atoms with Crippen molar-refractivity contribution in [1.29, 1.82) is 5.26 Å². The van der Waals surface area contributed by atoms with Crippen molar-refractivity contribution in [3.8, 4) is 6.07 Å². The molecule has 0 aromatic rings. The van der Waals surface area contributed by atoms with Crippen molar-refractivity contribution in [2.45, 2.75) is 25.6 Å². The molecule has 1 unspecified atom stereocenters. The fourth-order valence-electron chi connectivity index (χ4n) is 1.95. The molecule has 5 nitrogen and oxygen atoms in total. The third-order valence-electron chi connectivity index (χ3n) is 3.13. The molecule has 0 aromatic heterocycles. The molecule has 8 heteroatoms. The van der Waals surface area contributed by atoms with Crippen molar-refractivity contribution < 1.29 is 22.7 Å². The number of rotatable bonds is 5. The van der Waals surface area contributed by atoms with Gasteiger partial charge in [-0.2, -0.15) is 18.4 Å². The molecule has 1 saturated heterocycles. The number of ether oxygens (including phenoxy) is 1. The smallest absolute Gasteiger partial charge is 0.372 e. The summed E-state index contributed by atoms with van der Waals surface area (Å²) in [5.41, 5.74) is 0. The first-order chi connectivity index (χ1) is 9.33. The van der Waals surface area contributed by atoms with E-state index in [-0.39, 0.29) is 25.0 Å². The van der Waals surface area contributed by atoms with Gasteiger partial charge in [0.05, 0.1) is 25.1 Å². The second-order valence-electron chi connectivity index (χ2n) is 4.64. The van der Waals surface area contributed by atoms with E-state index in [1.807, 2.05) is 4.90 Å². The minimum atomic E-state index is -4.36. The summed E-state index contributed by atoms with van der Waals surface area (Å²) >= 11 is 0. The highest BCUT2D eigenvalue weighted by molar-refractivity contribution is 5.76. The van der Waals surface area contributed by atoms with Crippen LogP contribution in [0.5, 0.6) is 0 Å². The summed E-state index contributed by atoms with van der Waals surface area (Å²) in [5.74, 6) is -0.212. The molecule has 1 atom stereocenters. The quantitative estimate of drug-likeness (QED) is 0.710. The minimum absolute atomic E-state index is 0.0517.